The van der Waals surface area contributed by atoms with Gasteiger partial charge in [0.25, 0.3) is 0 Å². The average Bonchev–Trinajstić information content (AvgIpc) is 3.09. The summed E-state index contributed by atoms with van der Waals surface area (Å²) < 4.78 is 5.46. The van der Waals surface area contributed by atoms with Crippen LogP contribution in [0.5, 0.6) is 0 Å². The second kappa shape index (κ2) is 6.50. The summed E-state index contributed by atoms with van der Waals surface area (Å²) in [4.78, 5) is 16.4. The molecule has 1 aromatic carbocycles. The van der Waals surface area contributed by atoms with Gasteiger partial charge < -0.3 is 10.1 Å². The van der Waals surface area contributed by atoms with Crippen molar-refractivity contribution in [1.29, 1.82) is 0 Å². The van der Waals surface area contributed by atoms with Crippen molar-refractivity contribution < 1.29 is 9.53 Å². The zero-order valence-electron chi connectivity index (χ0n) is 11.7. The van der Waals surface area contributed by atoms with E-state index in [0.717, 1.165) is 24.0 Å². The van der Waals surface area contributed by atoms with Gasteiger partial charge in [0.1, 0.15) is 6.10 Å². The Kier molecular flexibility index (Phi) is 4.26. The first-order valence-corrected chi connectivity index (χ1v) is 7.21. The smallest absolute Gasteiger partial charge is 0.249 e. The number of nitrogens with one attached hydrogen (secondary N) is 1. The predicted molar refractivity (Wildman–Crippen MR) is 79.6 cm³/mol. The van der Waals surface area contributed by atoms with Gasteiger partial charge in [-0.15, -0.1) is 0 Å². The number of benzene rings is 1. The summed E-state index contributed by atoms with van der Waals surface area (Å²) in [5.74, 6) is -0.0434. The number of carbonyl (C=O) groups is 1. The molecule has 21 heavy (non-hydrogen) atoms. The summed E-state index contributed by atoms with van der Waals surface area (Å²) in [5, 5.41) is 3.10. The Morgan fingerprint density at radius 3 is 2.52 bits per heavy atom. The highest BCUT2D eigenvalue weighted by Crippen LogP contribution is 2.22. The van der Waals surface area contributed by atoms with Gasteiger partial charge in [0.05, 0.1) is 6.04 Å². The number of hydrogen-bond donors (Lipinski definition) is 1. The number of ether oxygens (including phenoxy) is 1. The van der Waals surface area contributed by atoms with Gasteiger partial charge in [0.15, 0.2) is 0 Å². The van der Waals surface area contributed by atoms with E-state index >= 15 is 0 Å². The number of hydrogen-bond acceptors (Lipinski definition) is 3. The number of pyridine rings is 1. The van der Waals surface area contributed by atoms with Crippen molar-refractivity contribution in [2.45, 2.75) is 25.0 Å². The molecule has 2 aromatic rings. The number of nitrogens with zero attached hydrogens (tertiary/aromatic N) is 1. The number of carbonyl (C=O) groups excluding carboxylic acids is 1. The highest BCUT2D eigenvalue weighted by molar-refractivity contribution is 5.81. The maximum atomic E-state index is 12.4. The molecule has 0 radical (unpaired) electrons. The summed E-state index contributed by atoms with van der Waals surface area (Å²) in [7, 11) is 0. The molecule has 2 atom stereocenters. The molecule has 0 bridgehead atoms. The first-order valence-electron chi connectivity index (χ1n) is 7.21. The van der Waals surface area contributed by atoms with Crippen LogP contribution in [0.1, 0.15) is 30.0 Å². The Morgan fingerprint density at radius 2 is 1.86 bits per heavy atom. The molecule has 1 fully saturated rings. The Balaban J connectivity index is 1.84. The van der Waals surface area contributed by atoms with E-state index in [4.69, 9.17) is 4.74 Å². The van der Waals surface area contributed by atoms with E-state index in [0.29, 0.717) is 6.61 Å². The van der Waals surface area contributed by atoms with E-state index in [1.54, 1.807) is 12.4 Å². The second-order valence-electron chi connectivity index (χ2n) is 5.13. The summed E-state index contributed by atoms with van der Waals surface area (Å²) in [6.45, 7) is 0.670. The second-order valence-corrected chi connectivity index (χ2v) is 5.13. The molecule has 4 heteroatoms. The van der Waals surface area contributed by atoms with Crippen molar-refractivity contribution in [2.24, 2.45) is 0 Å². The summed E-state index contributed by atoms with van der Waals surface area (Å²) in [6, 6.07) is 13.6. The molecule has 108 valence electrons. The molecule has 4 nitrogen and oxygen atoms in total. The van der Waals surface area contributed by atoms with Gasteiger partial charge in [0.2, 0.25) is 5.91 Å². The largest absolute Gasteiger partial charge is 0.368 e. The van der Waals surface area contributed by atoms with E-state index in [2.05, 4.69) is 10.3 Å². The van der Waals surface area contributed by atoms with Crippen molar-refractivity contribution >= 4 is 5.91 Å². The van der Waals surface area contributed by atoms with Crippen LogP contribution in [-0.2, 0) is 9.53 Å². The number of rotatable bonds is 4. The Labute approximate surface area is 124 Å². The van der Waals surface area contributed by atoms with Crippen molar-refractivity contribution in [1.82, 2.24) is 10.3 Å². The third-order valence-corrected chi connectivity index (χ3v) is 3.68. The van der Waals surface area contributed by atoms with Crippen LogP contribution in [0, 0.1) is 0 Å². The third kappa shape index (κ3) is 3.28. The Hall–Kier alpha value is -2.20. The lowest BCUT2D eigenvalue weighted by molar-refractivity contribution is -0.130. The lowest BCUT2D eigenvalue weighted by Gasteiger charge is -2.21. The molecule has 1 aliphatic rings. The van der Waals surface area contributed by atoms with Crippen LogP contribution in [0.2, 0.25) is 0 Å². The lowest BCUT2D eigenvalue weighted by atomic mass is 9.99. The molecule has 1 saturated heterocycles. The van der Waals surface area contributed by atoms with Gasteiger partial charge in [-0.2, -0.15) is 0 Å². The van der Waals surface area contributed by atoms with Gasteiger partial charge in [-0.05, 0) is 36.1 Å². The van der Waals surface area contributed by atoms with Crippen LogP contribution in [0.3, 0.4) is 0 Å². The summed E-state index contributed by atoms with van der Waals surface area (Å²) in [5.41, 5.74) is 2.07. The molecule has 3 rings (SSSR count). The zero-order valence-corrected chi connectivity index (χ0v) is 11.7. The van der Waals surface area contributed by atoms with E-state index in [9.17, 15) is 4.79 Å². The molecule has 1 aromatic heterocycles. The molecule has 1 amide bonds. The normalized spacial score (nSPS) is 19.1. The van der Waals surface area contributed by atoms with Crippen LogP contribution < -0.4 is 5.32 Å². The first kappa shape index (κ1) is 13.8. The summed E-state index contributed by atoms with van der Waals surface area (Å²) >= 11 is 0. The zero-order chi connectivity index (χ0) is 14.5. The van der Waals surface area contributed by atoms with Gasteiger partial charge in [-0.1, -0.05) is 30.3 Å². The minimum Gasteiger partial charge on any atom is -0.368 e. The minimum absolute atomic E-state index is 0.0434. The maximum Gasteiger partial charge on any atom is 0.249 e. The van der Waals surface area contributed by atoms with Crippen molar-refractivity contribution in [3.05, 3.63) is 66.0 Å². The quantitative estimate of drug-likeness (QED) is 0.937. The van der Waals surface area contributed by atoms with Crippen LogP contribution in [-0.4, -0.2) is 23.6 Å². The Bertz CT molecular complexity index is 541. The first-order chi connectivity index (χ1) is 10.3. The van der Waals surface area contributed by atoms with Crippen molar-refractivity contribution in [2.75, 3.05) is 6.61 Å². The van der Waals surface area contributed by atoms with Crippen LogP contribution in [0.15, 0.2) is 54.9 Å². The average molecular weight is 282 g/mol. The van der Waals surface area contributed by atoms with E-state index < -0.39 is 0 Å². The molecular weight excluding hydrogens is 264 g/mol. The Morgan fingerprint density at radius 1 is 1.14 bits per heavy atom. The van der Waals surface area contributed by atoms with E-state index in [-0.39, 0.29) is 18.1 Å². The molecule has 2 unspecified atom stereocenters. The third-order valence-electron chi connectivity index (χ3n) is 3.68. The predicted octanol–water partition coefficient (Wildman–Crippen LogP) is 2.47. The summed E-state index contributed by atoms with van der Waals surface area (Å²) in [6.07, 6.45) is 4.90. The number of amides is 1. The topological polar surface area (TPSA) is 51.2 Å². The van der Waals surface area contributed by atoms with E-state index in [1.165, 1.54) is 0 Å². The molecular formula is C17H18N2O2. The maximum absolute atomic E-state index is 12.4. The lowest BCUT2D eigenvalue weighted by Crippen LogP contribution is -2.37. The molecule has 0 saturated carbocycles. The van der Waals surface area contributed by atoms with Gasteiger partial charge in [0, 0.05) is 19.0 Å². The monoisotopic (exact) mass is 282 g/mol. The van der Waals surface area contributed by atoms with Gasteiger partial charge in [-0.25, -0.2) is 0 Å². The fourth-order valence-electron chi connectivity index (χ4n) is 2.58. The van der Waals surface area contributed by atoms with Crippen molar-refractivity contribution in [3.63, 3.8) is 0 Å². The molecule has 2 heterocycles. The highest BCUT2D eigenvalue weighted by Gasteiger charge is 2.26. The molecule has 1 N–H and O–H groups in total. The van der Waals surface area contributed by atoms with Gasteiger partial charge >= 0.3 is 0 Å². The molecule has 1 aliphatic heterocycles. The van der Waals surface area contributed by atoms with Crippen LogP contribution in [0.25, 0.3) is 0 Å². The molecule has 0 aliphatic carbocycles. The fraction of sp³-hybridized carbons (Fsp3) is 0.294. The van der Waals surface area contributed by atoms with E-state index in [1.807, 2.05) is 42.5 Å². The highest BCUT2D eigenvalue weighted by atomic mass is 16.5. The fourth-order valence-corrected chi connectivity index (χ4v) is 2.58. The van der Waals surface area contributed by atoms with Gasteiger partial charge in [-0.3, -0.25) is 9.78 Å². The van der Waals surface area contributed by atoms with Crippen LogP contribution >= 0.6 is 0 Å². The van der Waals surface area contributed by atoms with Crippen molar-refractivity contribution in [3.8, 4) is 0 Å². The number of aromatic nitrogens is 1. The SMILES string of the molecule is O=C(NC(c1ccccc1)c1ccncc1)C1CCCO1. The van der Waals surface area contributed by atoms with Crippen LogP contribution in [0.4, 0.5) is 0 Å². The minimum atomic E-state index is -0.321. The molecule has 0 spiro atoms. The standard InChI is InChI=1S/C17H18N2O2/c20-17(15-7-4-12-21-15)19-16(13-5-2-1-3-6-13)14-8-10-18-11-9-14/h1-3,5-6,8-11,15-16H,4,7,12H2,(H,19,20).